The quantitative estimate of drug-likeness (QED) is 0.336. The number of carbonyl (C=O) groups excluding carboxylic acids is 2. The predicted octanol–water partition coefficient (Wildman–Crippen LogP) is 6.29. The van der Waals surface area contributed by atoms with Crippen molar-refractivity contribution < 1.29 is 18.7 Å². The van der Waals surface area contributed by atoms with Crippen molar-refractivity contribution in [2.45, 2.75) is 33.6 Å². The second kappa shape index (κ2) is 9.93. The molecular formula is C28H26FN3O3. The second-order valence-electron chi connectivity index (χ2n) is 8.60. The molecule has 0 fully saturated rings. The van der Waals surface area contributed by atoms with Crippen molar-refractivity contribution in [1.29, 1.82) is 0 Å². The average Bonchev–Trinajstić information content (AvgIpc) is 3.19. The minimum atomic E-state index is -0.446. The zero-order valence-corrected chi connectivity index (χ0v) is 20.0. The molecule has 4 rings (SSSR count). The number of halogens is 1. The van der Waals surface area contributed by atoms with Gasteiger partial charge in [-0.25, -0.2) is 4.39 Å². The first kappa shape index (κ1) is 23.9. The average molecular weight is 472 g/mol. The van der Waals surface area contributed by atoms with Gasteiger partial charge in [0.05, 0.1) is 16.9 Å². The maximum atomic E-state index is 13.1. The molecule has 0 aliphatic rings. The lowest BCUT2D eigenvalue weighted by Crippen LogP contribution is -2.11. The molecule has 7 heteroatoms. The molecule has 35 heavy (non-hydrogen) atoms. The Morgan fingerprint density at radius 3 is 2.14 bits per heavy atom. The molecule has 178 valence electrons. The number of esters is 1. The molecule has 0 atom stereocenters. The minimum Gasteiger partial charge on any atom is -0.407 e. The Morgan fingerprint density at radius 1 is 0.943 bits per heavy atom. The van der Waals surface area contributed by atoms with E-state index in [2.05, 4.69) is 5.32 Å². The molecular weight excluding hydrogens is 445 g/mol. The summed E-state index contributed by atoms with van der Waals surface area (Å²) in [4.78, 5) is 24.5. The van der Waals surface area contributed by atoms with Crippen molar-refractivity contribution in [2.75, 3.05) is 5.32 Å². The summed E-state index contributed by atoms with van der Waals surface area (Å²) in [6.45, 7) is 7.42. The molecule has 0 aliphatic heterocycles. The van der Waals surface area contributed by atoms with Gasteiger partial charge in [0.1, 0.15) is 5.82 Å². The number of rotatable bonds is 6. The number of benzene rings is 3. The van der Waals surface area contributed by atoms with Crippen molar-refractivity contribution in [2.24, 2.45) is 0 Å². The SMILES string of the molecule is CC(=O)Oc1c(-c2ccc(NC(=O)c3ccc(F)cc3)cc2)c(C(C)C)nn1-c1ccc(C)cc1. The first-order valence-corrected chi connectivity index (χ1v) is 11.3. The van der Waals surface area contributed by atoms with Gasteiger partial charge in [-0.2, -0.15) is 9.78 Å². The smallest absolute Gasteiger partial charge is 0.309 e. The lowest BCUT2D eigenvalue weighted by atomic mass is 9.99. The Bertz CT molecular complexity index is 1360. The molecule has 3 aromatic carbocycles. The number of hydrogen-bond donors (Lipinski definition) is 1. The van der Waals surface area contributed by atoms with Crippen LogP contribution in [0.5, 0.6) is 5.88 Å². The van der Waals surface area contributed by atoms with Crippen LogP contribution in [0.2, 0.25) is 0 Å². The van der Waals surface area contributed by atoms with Crippen molar-refractivity contribution in [3.8, 4) is 22.7 Å². The normalized spacial score (nSPS) is 10.9. The molecule has 1 N–H and O–H groups in total. The Morgan fingerprint density at radius 2 is 1.57 bits per heavy atom. The maximum Gasteiger partial charge on any atom is 0.309 e. The lowest BCUT2D eigenvalue weighted by Gasteiger charge is -2.11. The first-order chi connectivity index (χ1) is 16.7. The molecule has 0 radical (unpaired) electrons. The third-order valence-corrected chi connectivity index (χ3v) is 5.47. The summed E-state index contributed by atoms with van der Waals surface area (Å²) in [6.07, 6.45) is 0. The number of amides is 1. The number of nitrogens with one attached hydrogen (secondary N) is 1. The molecule has 1 heterocycles. The van der Waals surface area contributed by atoms with Crippen LogP contribution in [0, 0.1) is 12.7 Å². The van der Waals surface area contributed by atoms with Gasteiger partial charge in [-0.1, -0.05) is 43.7 Å². The van der Waals surface area contributed by atoms with E-state index in [-0.39, 0.29) is 11.8 Å². The molecule has 0 aliphatic carbocycles. The van der Waals surface area contributed by atoms with E-state index in [1.807, 2.05) is 57.2 Å². The fourth-order valence-electron chi connectivity index (χ4n) is 3.71. The van der Waals surface area contributed by atoms with Crippen LogP contribution in [-0.2, 0) is 4.79 Å². The van der Waals surface area contributed by atoms with Crippen LogP contribution in [0.15, 0.2) is 72.8 Å². The highest BCUT2D eigenvalue weighted by Gasteiger charge is 2.25. The van der Waals surface area contributed by atoms with Crippen LogP contribution in [0.25, 0.3) is 16.8 Å². The summed E-state index contributed by atoms with van der Waals surface area (Å²) in [5, 5.41) is 7.60. The third kappa shape index (κ3) is 5.30. The van der Waals surface area contributed by atoms with Gasteiger partial charge in [-0.3, -0.25) is 9.59 Å². The third-order valence-electron chi connectivity index (χ3n) is 5.47. The number of aromatic nitrogens is 2. The van der Waals surface area contributed by atoms with Gasteiger partial charge in [-0.15, -0.1) is 0 Å². The van der Waals surface area contributed by atoms with Crippen LogP contribution in [-0.4, -0.2) is 21.7 Å². The summed E-state index contributed by atoms with van der Waals surface area (Å²) in [5.74, 6) is -0.787. The highest BCUT2D eigenvalue weighted by Crippen LogP contribution is 2.39. The Kier molecular flexibility index (Phi) is 6.78. The summed E-state index contributed by atoms with van der Waals surface area (Å²) < 4.78 is 20.5. The van der Waals surface area contributed by atoms with Crippen molar-refractivity contribution in [3.63, 3.8) is 0 Å². The predicted molar refractivity (Wildman–Crippen MR) is 133 cm³/mol. The van der Waals surface area contributed by atoms with Gasteiger partial charge in [0.2, 0.25) is 5.88 Å². The van der Waals surface area contributed by atoms with Crippen molar-refractivity contribution >= 4 is 17.6 Å². The molecule has 4 aromatic rings. The van der Waals surface area contributed by atoms with Gasteiger partial charge >= 0.3 is 5.97 Å². The Labute approximate surface area is 203 Å². The number of carbonyl (C=O) groups is 2. The molecule has 0 saturated heterocycles. The molecule has 1 aromatic heterocycles. The standard InChI is InChI=1S/C28H26FN3O3/c1-17(2)26-25(28(35-19(4)33)32(31-26)24-15-5-18(3)6-16-24)20-9-13-23(14-10-20)30-27(34)21-7-11-22(29)12-8-21/h5-17H,1-4H3,(H,30,34). The number of aryl methyl sites for hydroxylation is 1. The van der Waals surface area contributed by atoms with Gasteiger partial charge in [0.25, 0.3) is 5.91 Å². The van der Waals surface area contributed by atoms with E-state index in [1.165, 1.54) is 31.2 Å². The van der Waals surface area contributed by atoms with E-state index in [4.69, 9.17) is 9.84 Å². The minimum absolute atomic E-state index is 0.0591. The van der Waals surface area contributed by atoms with E-state index in [1.54, 1.807) is 16.8 Å². The fraction of sp³-hybridized carbons (Fsp3) is 0.179. The number of nitrogens with zero attached hydrogens (tertiary/aromatic N) is 2. The van der Waals surface area contributed by atoms with Crippen LogP contribution in [0.1, 0.15) is 48.3 Å². The zero-order chi connectivity index (χ0) is 25.1. The van der Waals surface area contributed by atoms with E-state index in [9.17, 15) is 14.0 Å². The van der Waals surface area contributed by atoms with Crippen molar-refractivity contribution in [3.05, 3.63) is 95.4 Å². The van der Waals surface area contributed by atoms with E-state index in [0.717, 1.165) is 22.5 Å². The first-order valence-electron chi connectivity index (χ1n) is 11.3. The highest BCUT2D eigenvalue weighted by atomic mass is 19.1. The summed E-state index contributed by atoms with van der Waals surface area (Å²) in [6, 6.07) is 20.4. The number of anilines is 1. The topological polar surface area (TPSA) is 73.2 Å². The molecule has 0 unspecified atom stereocenters. The second-order valence-corrected chi connectivity index (χ2v) is 8.60. The van der Waals surface area contributed by atoms with E-state index in [0.29, 0.717) is 22.7 Å². The summed E-state index contributed by atoms with van der Waals surface area (Å²) >= 11 is 0. The molecule has 1 amide bonds. The van der Waals surface area contributed by atoms with Gasteiger partial charge in [0.15, 0.2) is 0 Å². The summed E-state index contributed by atoms with van der Waals surface area (Å²) in [7, 11) is 0. The van der Waals surface area contributed by atoms with Crippen molar-refractivity contribution in [1.82, 2.24) is 9.78 Å². The van der Waals surface area contributed by atoms with Gasteiger partial charge in [0, 0.05) is 18.2 Å². The van der Waals surface area contributed by atoms with E-state index >= 15 is 0 Å². The number of hydrogen-bond acceptors (Lipinski definition) is 4. The maximum absolute atomic E-state index is 13.1. The Hall–Kier alpha value is -4.26. The van der Waals surface area contributed by atoms with Crippen LogP contribution < -0.4 is 10.1 Å². The number of ether oxygens (including phenoxy) is 1. The largest absolute Gasteiger partial charge is 0.407 e. The fourth-order valence-corrected chi connectivity index (χ4v) is 3.71. The lowest BCUT2D eigenvalue weighted by molar-refractivity contribution is -0.132. The molecule has 0 spiro atoms. The van der Waals surface area contributed by atoms with E-state index < -0.39 is 11.8 Å². The zero-order valence-electron chi connectivity index (χ0n) is 20.0. The monoisotopic (exact) mass is 471 g/mol. The molecule has 6 nitrogen and oxygen atoms in total. The van der Waals surface area contributed by atoms with Crippen LogP contribution in [0.3, 0.4) is 0 Å². The van der Waals surface area contributed by atoms with Gasteiger partial charge < -0.3 is 10.1 Å². The summed E-state index contributed by atoms with van der Waals surface area (Å²) in [5.41, 5.74) is 5.11. The Balaban J connectivity index is 1.72. The van der Waals surface area contributed by atoms with Crippen LogP contribution >= 0.6 is 0 Å². The molecule has 0 bridgehead atoms. The molecule has 0 saturated carbocycles. The van der Waals surface area contributed by atoms with Gasteiger partial charge in [-0.05, 0) is 66.9 Å². The van der Waals surface area contributed by atoms with Crippen LogP contribution in [0.4, 0.5) is 10.1 Å². The highest BCUT2D eigenvalue weighted by molar-refractivity contribution is 6.04.